The van der Waals surface area contributed by atoms with Gasteiger partial charge in [-0.1, -0.05) is 0 Å². The average Bonchev–Trinajstić information content (AvgIpc) is 3.09. The number of carbonyl (C=O) groups is 1. The lowest BCUT2D eigenvalue weighted by atomic mass is 10.1. The Morgan fingerprint density at radius 3 is 2.78 bits per heavy atom. The molecular weight excluding hydrogens is 232 g/mol. The predicted octanol–water partition coefficient (Wildman–Crippen LogP) is 0.296. The highest BCUT2D eigenvalue weighted by atomic mass is 16.3. The lowest BCUT2D eigenvalue weighted by Crippen LogP contribution is -2.33. The van der Waals surface area contributed by atoms with Gasteiger partial charge in [0.2, 0.25) is 0 Å². The van der Waals surface area contributed by atoms with Crippen LogP contribution in [-0.2, 0) is 6.54 Å². The summed E-state index contributed by atoms with van der Waals surface area (Å²) in [7, 11) is 0. The molecule has 100 valence electrons. The Kier molecular flexibility index (Phi) is 3.30. The van der Waals surface area contributed by atoms with Gasteiger partial charge in [-0.25, -0.2) is 0 Å². The first-order valence-electron chi connectivity index (χ1n) is 6.25. The Morgan fingerprint density at radius 1 is 1.61 bits per heavy atom. The van der Waals surface area contributed by atoms with Crippen molar-refractivity contribution in [1.29, 1.82) is 0 Å². The fourth-order valence-corrected chi connectivity index (χ4v) is 1.98. The lowest BCUT2D eigenvalue weighted by molar-refractivity contribution is 0.0925. The van der Waals surface area contributed by atoms with Crippen molar-refractivity contribution >= 4 is 11.6 Å². The van der Waals surface area contributed by atoms with Crippen LogP contribution in [0, 0.1) is 12.3 Å². The lowest BCUT2D eigenvalue weighted by Gasteiger charge is -2.13. The van der Waals surface area contributed by atoms with Gasteiger partial charge in [0.1, 0.15) is 5.69 Å². The molecule has 4 N–H and O–H groups in total. The molecule has 6 heteroatoms. The maximum absolute atomic E-state index is 12.1. The quantitative estimate of drug-likeness (QED) is 0.702. The third-order valence-electron chi connectivity index (χ3n) is 3.60. The predicted molar refractivity (Wildman–Crippen MR) is 68.1 cm³/mol. The van der Waals surface area contributed by atoms with E-state index in [1.165, 1.54) is 0 Å². The number of nitrogen functional groups attached to an aromatic ring is 1. The van der Waals surface area contributed by atoms with E-state index < -0.39 is 0 Å². The van der Waals surface area contributed by atoms with Gasteiger partial charge in [0.05, 0.1) is 18.0 Å². The normalized spacial score (nSPS) is 16.6. The number of aliphatic hydroxyl groups excluding tert-OH is 1. The number of rotatable bonds is 5. The molecule has 1 aliphatic rings. The summed E-state index contributed by atoms with van der Waals surface area (Å²) >= 11 is 0. The van der Waals surface area contributed by atoms with Crippen molar-refractivity contribution in [2.24, 2.45) is 5.41 Å². The van der Waals surface area contributed by atoms with Gasteiger partial charge in [-0.3, -0.25) is 9.48 Å². The number of hydrogen-bond donors (Lipinski definition) is 3. The summed E-state index contributed by atoms with van der Waals surface area (Å²) in [5.74, 6) is -0.213. The zero-order valence-corrected chi connectivity index (χ0v) is 10.9. The van der Waals surface area contributed by atoms with Gasteiger partial charge in [-0.2, -0.15) is 5.10 Å². The molecule has 0 aromatic carbocycles. The van der Waals surface area contributed by atoms with E-state index in [4.69, 9.17) is 5.73 Å². The zero-order chi connectivity index (χ0) is 13.3. The standard InChI is InChI=1S/C12H20N4O2/c1-3-16-10(9(13)8(2)15-16)11(18)14-6-12(7-17)4-5-12/h17H,3-7,13H2,1-2H3,(H,14,18). The van der Waals surface area contributed by atoms with Crippen molar-refractivity contribution in [3.63, 3.8) is 0 Å². The fraction of sp³-hybridized carbons (Fsp3) is 0.667. The molecule has 0 saturated heterocycles. The molecule has 1 aromatic rings. The van der Waals surface area contributed by atoms with Crippen molar-refractivity contribution in [2.75, 3.05) is 18.9 Å². The van der Waals surface area contributed by atoms with Crippen LogP contribution in [0.4, 0.5) is 5.69 Å². The average molecular weight is 252 g/mol. The summed E-state index contributed by atoms with van der Waals surface area (Å²) in [6.45, 7) is 4.92. The molecule has 0 atom stereocenters. The maximum atomic E-state index is 12.1. The van der Waals surface area contributed by atoms with E-state index in [0.717, 1.165) is 12.8 Å². The van der Waals surface area contributed by atoms with Gasteiger partial charge in [-0.15, -0.1) is 0 Å². The Morgan fingerprint density at radius 2 is 2.28 bits per heavy atom. The Bertz CT molecular complexity index is 463. The summed E-state index contributed by atoms with van der Waals surface area (Å²) in [5.41, 5.74) is 7.30. The number of nitrogens with two attached hydrogens (primary N) is 1. The second-order valence-electron chi connectivity index (χ2n) is 5.00. The topological polar surface area (TPSA) is 93.2 Å². The largest absolute Gasteiger partial charge is 0.396 e. The first-order chi connectivity index (χ1) is 8.53. The number of anilines is 1. The van der Waals surface area contributed by atoms with E-state index >= 15 is 0 Å². The molecule has 18 heavy (non-hydrogen) atoms. The summed E-state index contributed by atoms with van der Waals surface area (Å²) in [6, 6.07) is 0. The van der Waals surface area contributed by atoms with Crippen LogP contribution in [0.1, 0.15) is 35.9 Å². The number of aromatic nitrogens is 2. The van der Waals surface area contributed by atoms with Gasteiger partial charge in [0, 0.05) is 18.5 Å². The van der Waals surface area contributed by atoms with Gasteiger partial charge in [-0.05, 0) is 26.7 Å². The molecular formula is C12H20N4O2. The molecule has 2 rings (SSSR count). The summed E-state index contributed by atoms with van der Waals surface area (Å²) < 4.78 is 1.61. The molecule has 1 amide bonds. The monoisotopic (exact) mass is 252 g/mol. The summed E-state index contributed by atoms with van der Waals surface area (Å²) in [5, 5.41) is 16.3. The molecule has 0 unspecified atom stereocenters. The molecule has 0 spiro atoms. The summed E-state index contributed by atoms with van der Waals surface area (Å²) in [4.78, 5) is 12.1. The third-order valence-corrected chi connectivity index (χ3v) is 3.60. The highest BCUT2D eigenvalue weighted by Crippen LogP contribution is 2.44. The SMILES string of the molecule is CCn1nc(C)c(N)c1C(=O)NCC1(CO)CC1. The van der Waals surface area contributed by atoms with Crippen LogP contribution in [0.15, 0.2) is 0 Å². The molecule has 1 heterocycles. The molecule has 0 aliphatic heterocycles. The van der Waals surface area contributed by atoms with Gasteiger partial charge < -0.3 is 16.2 Å². The fourth-order valence-electron chi connectivity index (χ4n) is 1.98. The number of nitrogens with zero attached hydrogens (tertiary/aromatic N) is 2. The zero-order valence-electron chi connectivity index (χ0n) is 10.9. The van der Waals surface area contributed by atoms with Gasteiger partial charge in [0.25, 0.3) is 5.91 Å². The van der Waals surface area contributed by atoms with Crippen LogP contribution < -0.4 is 11.1 Å². The van der Waals surface area contributed by atoms with E-state index in [-0.39, 0.29) is 17.9 Å². The van der Waals surface area contributed by atoms with Crippen LogP contribution in [0.25, 0.3) is 0 Å². The van der Waals surface area contributed by atoms with Gasteiger partial charge in [0.15, 0.2) is 0 Å². The van der Waals surface area contributed by atoms with Crippen LogP contribution >= 0.6 is 0 Å². The number of amides is 1. The smallest absolute Gasteiger partial charge is 0.271 e. The second-order valence-corrected chi connectivity index (χ2v) is 5.00. The maximum Gasteiger partial charge on any atom is 0.271 e. The van der Waals surface area contributed by atoms with Crippen LogP contribution in [-0.4, -0.2) is 33.9 Å². The molecule has 6 nitrogen and oxygen atoms in total. The van der Waals surface area contributed by atoms with Gasteiger partial charge >= 0.3 is 0 Å². The van der Waals surface area contributed by atoms with Crippen molar-refractivity contribution in [1.82, 2.24) is 15.1 Å². The number of aryl methyl sites for hydroxylation is 2. The first-order valence-corrected chi connectivity index (χ1v) is 6.25. The van der Waals surface area contributed by atoms with E-state index in [1.807, 2.05) is 6.92 Å². The van der Waals surface area contributed by atoms with Crippen LogP contribution in [0.5, 0.6) is 0 Å². The highest BCUT2D eigenvalue weighted by molar-refractivity contribution is 5.98. The molecule has 1 aromatic heterocycles. The number of aliphatic hydroxyl groups is 1. The second kappa shape index (κ2) is 4.61. The van der Waals surface area contributed by atoms with E-state index in [0.29, 0.717) is 30.2 Å². The molecule has 1 saturated carbocycles. The third kappa shape index (κ3) is 2.20. The molecule has 0 radical (unpaired) electrons. The minimum Gasteiger partial charge on any atom is -0.396 e. The van der Waals surface area contributed by atoms with Crippen molar-refractivity contribution in [3.05, 3.63) is 11.4 Å². The summed E-state index contributed by atoms with van der Waals surface area (Å²) in [6.07, 6.45) is 1.93. The van der Waals surface area contributed by atoms with Crippen LogP contribution in [0.3, 0.4) is 0 Å². The molecule has 0 bridgehead atoms. The molecule has 1 fully saturated rings. The van der Waals surface area contributed by atoms with Crippen molar-refractivity contribution in [3.8, 4) is 0 Å². The Balaban J connectivity index is 2.09. The molecule has 1 aliphatic carbocycles. The number of nitrogens with one attached hydrogen (secondary N) is 1. The highest BCUT2D eigenvalue weighted by Gasteiger charge is 2.42. The van der Waals surface area contributed by atoms with Crippen molar-refractivity contribution < 1.29 is 9.90 Å². The number of hydrogen-bond acceptors (Lipinski definition) is 4. The van der Waals surface area contributed by atoms with E-state index in [1.54, 1.807) is 11.6 Å². The van der Waals surface area contributed by atoms with E-state index in [9.17, 15) is 9.90 Å². The van der Waals surface area contributed by atoms with E-state index in [2.05, 4.69) is 10.4 Å². The number of carbonyl (C=O) groups excluding carboxylic acids is 1. The first kappa shape index (κ1) is 12.9. The van der Waals surface area contributed by atoms with Crippen LogP contribution in [0.2, 0.25) is 0 Å². The minimum absolute atomic E-state index is 0.101. The minimum atomic E-state index is -0.213. The Hall–Kier alpha value is -1.56. The van der Waals surface area contributed by atoms with Crippen molar-refractivity contribution in [2.45, 2.75) is 33.2 Å². The Labute approximate surface area is 106 Å².